The summed E-state index contributed by atoms with van der Waals surface area (Å²) in [6.07, 6.45) is 1.46. The van der Waals surface area contributed by atoms with Gasteiger partial charge in [0, 0.05) is 0 Å². The van der Waals surface area contributed by atoms with Gasteiger partial charge in [0.05, 0.1) is 0 Å². The second kappa shape index (κ2) is 8.50. The first-order valence-electron chi connectivity index (χ1n) is 7.96. The number of ether oxygens (including phenoxy) is 2. The Balaban J connectivity index is 1.98. The van der Waals surface area contributed by atoms with Gasteiger partial charge in [-0.15, -0.1) is 0 Å². The Hall–Kier alpha value is -3.57. The van der Waals surface area contributed by atoms with Gasteiger partial charge in [0.2, 0.25) is 0 Å². The van der Waals surface area contributed by atoms with Crippen molar-refractivity contribution < 1.29 is 14.3 Å². The molecule has 2 aromatic carbocycles. The van der Waals surface area contributed by atoms with Crippen LogP contribution < -0.4 is 9.47 Å². The van der Waals surface area contributed by atoms with Gasteiger partial charge in [-0.3, -0.25) is 0 Å². The van der Waals surface area contributed by atoms with Crippen molar-refractivity contribution in [3.05, 3.63) is 64.2 Å². The van der Waals surface area contributed by atoms with Crippen LogP contribution in [-0.2, 0) is 4.79 Å². The fraction of sp³-hybridized carbons (Fsp3) is 0.190. The summed E-state index contributed by atoms with van der Waals surface area (Å²) in [7, 11) is 0. The quantitative estimate of drug-likeness (QED) is 0.464. The highest BCUT2D eigenvalue weighted by molar-refractivity contribution is 5.74. The summed E-state index contributed by atoms with van der Waals surface area (Å²) in [5, 5.41) is 17.5. The number of hydrogen-bond donors (Lipinski definition) is 0. The van der Waals surface area contributed by atoms with E-state index >= 15 is 0 Å². The summed E-state index contributed by atoms with van der Waals surface area (Å²) < 4.78 is 10.8. The molecule has 0 N–H and O–H groups in total. The molecule has 130 valence electrons. The first kappa shape index (κ1) is 18.8. The summed E-state index contributed by atoms with van der Waals surface area (Å²) in [5.41, 5.74) is 3.84. The van der Waals surface area contributed by atoms with E-state index in [1.165, 1.54) is 6.08 Å². The zero-order valence-electron chi connectivity index (χ0n) is 14.9. The Bertz CT molecular complexity index is 913. The maximum atomic E-state index is 12.0. The van der Waals surface area contributed by atoms with Gasteiger partial charge in [-0.25, -0.2) is 4.79 Å². The molecule has 0 bridgehead atoms. The van der Waals surface area contributed by atoms with Crippen molar-refractivity contribution >= 4 is 12.0 Å². The van der Waals surface area contributed by atoms with Crippen LogP contribution in [0.15, 0.2) is 42.0 Å². The summed E-state index contributed by atoms with van der Waals surface area (Å²) in [6, 6.07) is 14.0. The summed E-state index contributed by atoms with van der Waals surface area (Å²) in [4.78, 5) is 12.0. The number of benzene rings is 2. The van der Waals surface area contributed by atoms with E-state index in [1.54, 1.807) is 36.4 Å². The molecular formula is C21H18N2O3. The van der Waals surface area contributed by atoms with Crippen LogP contribution >= 0.6 is 0 Å². The molecule has 0 aliphatic heterocycles. The SMILES string of the molecule is Cc1cc(C)c(C)c(OCC(=O)Oc2ccc(C=C(C#N)C#N)cc2)c1. The highest BCUT2D eigenvalue weighted by Crippen LogP contribution is 2.23. The van der Waals surface area contributed by atoms with Gasteiger partial charge in [0.1, 0.15) is 29.2 Å². The molecule has 2 aromatic rings. The molecule has 0 saturated heterocycles. The van der Waals surface area contributed by atoms with E-state index in [-0.39, 0.29) is 12.2 Å². The van der Waals surface area contributed by atoms with Crippen LogP contribution in [0, 0.1) is 43.4 Å². The molecule has 0 aliphatic carbocycles. The fourth-order valence-corrected chi connectivity index (χ4v) is 2.34. The first-order chi connectivity index (χ1) is 12.4. The summed E-state index contributed by atoms with van der Waals surface area (Å²) in [5.74, 6) is 0.519. The fourth-order valence-electron chi connectivity index (χ4n) is 2.34. The van der Waals surface area contributed by atoms with E-state index in [0.29, 0.717) is 17.1 Å². The number of carbonyl (C=O) groups is 1. The molecule has 26 heavy (non-hydrogen) atoms. The normalized spacial score (nSPS) is 9.58. The zero-order chi connectivity index (χ0) is 19.1. The van der Waals surface area contributed by atoms with E-state index in [9.17, 15) is 4.79 Å². The van der Waals surface area contributed by atoms with Gasteiger partial charge in [0.25, 0.3) is 0 Å². The standard InChI is InChI=1S/C21H18N2O3/c1-14-8-15(2)16(3)20(9-14)25-13-21(24)26-19-6-4-17(5-7-19)10-18(11-22)12-23/h4-10H,13H2,1-3H3. The van der Waals surface area contributed by atoms with E-state index in [4.69, 9.17) is 20.0 Å². The molecule has 0 fully saturated rings. The average molecular weight is 346 g/mol. The van der Waals surface area contributed by atoms with Crippen molar-refractivity contribution in [2.45, 2.75) is 20.8 Å². The van der Waals surface area contributed by atoms with Crippen LogP contribution in [0.5, 0.6) is 11.5 Å². The third kappa shape index (κ3) is 4.96. The Morgan fingerprint density at radius 2 is 1.73 bits per heavy atom. The predicted octanol–water partition coefficient (Wildman–Crippen LogP) is 4.03. The van der Waals surface area contributed by atoms with Gasteiger partial charge in [-0.05, 0) is 67.3 Å². The summed E-state index contributed by atoms with van der Waals surface area (Å²) in [6.45, 7) is 5.71. The number of rotatable bonds is 5. The predicted molar refractivity (Wildman–Crippen MR) is 97.4 cm³/mol. The van der Waals surface area contributed by atoms with Crippen molar-refractivity contribution in [2.75, 3.05) is 6.61 Å². The molecule has 5 heteroatoms. The van der Waals surface area contributed by atoms with Crippen LogP contribution in [0.3, 0.4) is 0 Å². The topological polar surface area (TPSA) is 83.1 Å². The molecular weight excluding hydrogens is 328 g/mol. The molecule has 0 aromatic heterocycles. The number of hydrogen-bond acceptors (Lipinski definition) is 5. The molecule has 0 unspecified atom stereocenters. The van der Waals surface area contributed by atoms with Gasteiger partial charge < -0.3 is 9.47 Å². The Morgan fingerprint density at radius 3 is 2.35 bits per heavy atom. The van der Waals surface area contributed by atoms with E-state index in [2.05, 4.69) is 6.07 Å². The number of carbonyl (C=O) groups excluding carboxylic acids is 1. The second-order valence-corrected chi connectivity index (χ2v) is 5.82. The Kier molecular flexibility index (Phi) is 6.14. The minimum absolute atomic E-state index is 0.00645. The second-order valence-electron chi connectivity index (χ2n) is 5.82. The molecule has 0 saturated carbocycles. The van der Waals surface area contributed by atoms with Gasteiger partial charge in [-0.1, -0.05) is 18.2 Å². The van der Waals surface area contributed by atoms with Crippen LogP contribution in [0.1, 0.15) is 22.3 Å². The average Bonchev–Trinajstić information content (AvgIpc) is 2.62. The lowest BCUT2D eigenvalue weighted by Crippen LogP contribution is -2.18. The van der Waals surface area contributed by atoms with Gasteiger partial charge >= 0.3 is 5.97 Å². The largest absolute Gasteiger partial charge is 0.482 e. The third-order valence-corrected chi connectivity index (χ3v) is 3.77. The van der Waals surface area contributed by atoms with Crippen molar-refractivity contribution in [1.29, 1.82) is 10.5 Å². The number of allylic oxidation sites excluding steroid dienone is 1. The highest BCUT2D eigenvalue weighted by Gasteiger charge is 2.09. The third-order valence-electron chi connectivity index (χ3n) is 3.77. The maximum absolute atomic E-state index is 12.0. The van der Waals surface area contributed by atoms with Crippen molar-refractivity contribution in [3.63, 3.8) is 0 Å². The first-order valence-corrected chi connectivity index (χ1v) is 7.96. The Morgan fingerprint density at radius 1 is 1.08 bits per heavy atom. The van der Waals surface area contributed by atoms with Crippen LogP contribution in [0.4, 0.5) is 0 Å². The Labute approximate surface area is 152 Å². The molecule has 0 spiro atoms. The lowest BCUT2D eigenvalue weighted by Gasteiger charge is -2.12. The molecule has 0 aliphatic rings. The number of nitrogens with zero attached hydrogens (tertiary/aromatic N) is 2. The van der Waals surface area contributed by atoms with E-state index < -0.39 is 5.97 Å². The van der Waals surface area contributed by atoms with Crippen LogP contribution in [0.2, 0.25) is 0 Å². The molecule has 2 rings (SSSR count). The molecule has 0 radical (unpaired) electrons. The summed E-state index contributed by atoms with van der Waals surface area (Å²) >= 11 is 0. The number of esters is 1. The lowest BCUT2D eigenvalue weighted by molar-refractivity contribution is -0.136. The van der Waals surface area contributed by atoms with Gasteiger partial charge in [0.15, 0.2) is 6.61 Å². The zero-order valence-corrected chi connectivity index (χ0v) is 14.9. The monoisotopic (exact) mass is 346 g/mol. The molecule has 0 heterocycles. The van der Waals surface area contributed by atoms with Crippen LogP contribution in [-0.4, -0.2) is 12.6 Å². The number of nitriles is 2. The van der Waals surface area contributed by atoms with Gasteiger partial charge in [-0.2, -0.15) is 10.5 Å². The lowest BCUT2D eigenvalue weighted by atomic mass is 10.1. The van der Waals surface area contributed by atoms with Crippen LogP contribution in [0.25, 0.3) is 6.08 Å². The minimum atomic E-state index is -0.512. The molecule has 0 atom stereocenters. The maximum Gasteiger partial charge on any atom is 0.349 e. The minimum Gasteiger partial charge on any atom is -0.482 e. The van der Waals surface area contributed by atoms with Crippen molar-refractivity contribution in [1.82, 2.24) is 0 Å². The van der Waals surface area contributed by atoms with Crippen molar-refractivity contribution in [3.8, 4) is 23.6 Å². The van der Waals surface area contributed by atoms with E-state index in [0.717, 1.165) is 16.7 Å². The number of aryl methyl sites for hydroxylation is 2. The smallest absolute Gasteiger partial charge is 0.349 e. The van der Waals surface area contributed by atoms with E-state index in [1.807, 2.05) is 26.8 Å². The highest BCUT2D eigenvalue weighted by atomic mass is 16.6. The molecule has 0 amide bonds. The molecule has 5 nitrogen and oxygen atoms in total. The van der Waals surface area contributed by atoms with Crippen molar-refractivity contribution in [2.24, 2.45) is 0 Å².